The van der Waals surface area contributed by atoms with Crippen LogP contribution in [-0.2, 0) is 9.53 Å². The lowest BCUT2D eigenvalue weighted by molar-refractivity contribution is -0.113. The molecule has 2 aromatic carbocycles. The van der Waals surface area contributed by atoms with E-state index in [-0.39, 0.29) is 28.4 Å². The van der Waals surface area contributed by atoms with Crippen molar-refractivity contribution in [2.75, 3.05) is 23.9 Å². The maximum absolute atomic E-state index is 13.6. The Hall–Kier alpha value is -3.84. The fourth-order valence-electron chi connectivity index (χ4n) is 2.75. The van der Waals surface area contributed by atoms with Crippen LogP contribution in [0.1, 0.15) is 16.1 Å². The molecule has 0 saturated carbocycles. The first-order valence-corrected chi connectivity index (χ1v) is 9.80. The molecule has 0 aliphatic rings. The van der Waals surface area contributed by atoms with Crippen molar-refractivity contribution in [3.05, 3.63) is 71.6 Å². The number of rotatable bonds is 6. The van der Waals surface area contributed by atoms with E-state index in [1.54, 1.807) is 24.3 Å². The summed E-state index contributed by atoms with van der Waals surface area (Å²) in [6.45, 7) is 0. The van der Waals surface area contributed by atoms with Gasteiger partial charge in [-0.1, -0.05) is 0 Å². The summed E-state index contributed by atoms with van der Waals surface area (Å²) in [6, 6.07) is 11.5. The number of esters is 1. The molecule has 1 heterocycles. The standard InChI is InChI=1S/C21H16F2N4O3S/c1-30-21(29)20-19(25)12(9-24)10-27(20)14-3-5-15(6-4-14)31-11-18(28)26-17-8-13(22)2-7-16(17)23/h2-8,10H,11,25H2,1H3,(H,26,28). The molecule has 1 amide bonds. The second-order valence-corrected chi connectivity index (χ2v) is 7.28. The Morgan fingerprint density at radius 1 is 1.23 bits per heavy atom. The number of anilines is 2. The number of carbonyl (C=O) groups excluding carboxylic acids is 2. The molecule has 3 N–H and O–H groups in total. The van der Waals surface area contributed by atoms with Crippen LogP contribution in [0.2, 0.25) is 0 Å². The molecule has 0 unspecified atom stereocenters. The van der Waals surface area contributed by atoms with Gasteiger partial charge in [-0.3, -0.25) is 4.79 Å². The Kier molecular flexibility index (Phi) is 6.57. The summed E-state index contributed by atoms with van der Waals surface area (Å²) in [4.78, 5) is 24.8. The molecule has 3 aromatic rings. The number of methoxy groups -OCH3 is 1. The predicted octanol–water partition coefficient (Wildman–Crippen LogP) is 3.73. The second-order valence-electron chi connectivity index (χ2n) is 6.23. The van der Waals surface area contributed by atoms with Crippen LogP contribution < -0.4 is 11.1 Å². The molecule has 0 fully saturated rings. The van der Waals surface area contributed by atoms with Gasteiger partial charge in [0, 0.05) is 22.8 Å². The van der Waals surface area contributed by atoms with Gasteiger partial charge in [0.05, 0.1) is 29.8 Å². The number of ether oxygens (including phenoxy) is 1. The molecule has 7 nitrogen and oxygen atoms in total. The summed E-state index contributed by atoms with van der Waals surface area (Å²) in [5, 5.41) is 11.5. The molecule has 1 aromatic heterocycles. The molecule has 0 radical (unpaired) electrons. The maximum Gasteiger partial charge on any atom is 0.357 e. The summed E-state index contributed by atoms with van der Waals surface area (Å²) in [5.41, 5.74) is 6.41. The van der Waals surface area contributed by atoms with Gasteiger partial charge in [-0.25, -0.2) is 13.6 Å². The number of carbonyl (C=O) groups is 2. The summed E-state index contributed by atoms with van der Waals surface area (Å²) in [7, 11) is 1.21. The molecule has 0 bridgehead atoms. The highest BCUT2D eigenvalue weighted by molar-refractivity contribution is 8.00. The molecule has 0 saturated heterocycles. The molecule has 10 heteroatoms. The van der Waals surface area contributed by atoms with Crippen LogP contribution in [0.5, 0.6) is 0 Å². The Bertz CT molecular complexity index is 1190. The summed E-state index contributed by atoms with van der Waals surface area (Å²) in [5.74, 6) is -2.59. The number of nitrogens with one attached hydrogen (secondary N) is 1. The van der Waals surface area contributed by atoms with E-state index in [1.165, 1.54) is 29.6 Å². The van der Waals surface area contributed by atoms with Crippen molar-refractivity contribution >= 4 is 35.0 Å². The lowest BCUT2D eigenvalue weighted by Gasteiger charge is -2.10. The Morgan fingerprint density at radius 2 is 1.94 bits per heavy atom. The molecule has 0 aliphatic heterocycles. The van der Waals surface area contributed by atoms with Crippen LogP contribution in [0.3, 0.4) is 0 Å². The number of hydrogen-bond donors (Lipinski definition) is 2. The maximum atomic E-state index is 13.6. The third kappa shape index (κ3) is 4.84. The van der Waals surface area contributed by atoms with Gasteiger partial charge in [0.2, 0.25) is 5.91 Å². The van der Waals surface area contributed by atoms with E-state index < -0.39 is 23.5 Å². The van der Waals surface area contributed by atoms with Crippen LogP contribution in [0.4, 0.5) is 20.2 Å². The van der Waals surface area contributed by atoms with E-state index in [9.17, 15) is 23.6 Å². The zero-order chi connectivity index (χ0) is 22.5. The van der Waals surface area contributed by atoms with E-state index in [2.05, 4.69) is 5.32 Å². The van der Waals surface area contributed by atoms with Crippen molar-refractivity contribution in [2.24, 2.45) is 0 Å². The zero-order valence-electron chi connectivity index (χ0n) is 16.2. The Labute approximate surface area is 180 Å². The third-order valence-corrected chi connectivity index (χ3v) is 5.24. The fourth-order valence-corrected chi connectivity index (χ4v) is 3.45. The number of nitriles is 1. The number of benzene rings is 2. The molecule has 0 atom stereocenters. The van der Waals surface area contributed by atoms with Crippen molar-refractivity contribution in [3.8, 4) is 11.8 Å². The van der Waals surface area contributed by atoms with Crippen molar-refractivity contribution in [1.82, 2.24) is 4.57 Å². The van der Waals surface area contributed by atoms with Gasteiger partial charge in [0.1, 0.15) is 17.7 Å². The van der Waals surface area contributed by atoms with Gasteiger partial charge < -0.3 is 20.4 Å². The minimum Gasteiger partial charge on any atom is -0.464 e. The van der Waals surface area contributed by atoms with Gasteiger partial charge in [0.25, 0.3) is 0 Å². The Morgan fingerprint density at radius 3 is 2.58 bits per heavy atom. The number of thioether (sulfide) groups is 1. The number of nitrogens with two attached hydrogens (primary N) is 1. The molecular weight excluding hydrogens is 426 g/mol. The average Bonchev–Trinajstić information content (AvgIpc) is 3.11. The smallest absolute Gasteiger partial charge is 0.357 e. The van der Waals surface area contributed by atoms with Crippen molar-refractivity contribution in [2.45, 2.75) is 4.90 Å². The first kappa shape index (κ1) is 21.9. The van der Waals surface area contributed by atoms with Crippen LogP contribution in [0.25, 0.3) is 5.69 Å². The number of amides is 1. The molecule has 3 rings (SSSR count). The van der Waals surface area contributed by atoms with Gasteiger partial charge in [0.15, 0.2) is 5.69 Å². The van der Waals surface area contributed by atoms with Gasteiger partial charge in [-0.05, 0) is 36.4 Å². The quantitative estimate of drug-likeness (QED) is 0.445. The topological polar surface area (TPSA) is 110 Å². The van der Waals surface area contributed by atoms with Crippen molar-refractivity contribution in [1.29, 1.82) is 5.26 Å². The summed E-state index contributed by atoms with van der Waals surface area (Å²) in [6.07, 6.45) is 1.44. The lowest BCUT2D eigenvalue weighted by atomic mass is 10.2. The van der Waals surface area contributed by atoms with Crippen LogP contribution in [0.15, 0.2) is 53.6 Å². The number of halogens is 2. The highest BCUT2D eigenvalue weighted by Crippen LogP contribution is 2.27. The molecule has 0 aliphatic carbocycles. The third-order valence-electron chi connectivity index (χ3n) is 4.23. The van der Waals surface area contributed by atoms with Crippen molar-refractivity contribution in [3.63, 3.8) is 0 Å². The van der Waals surface area contributed by atoms with Crippen molar-refractivity contribution < 1.29 is 23.1 Å². The molecular formula is C21H16F2N4O3S. The number of aromatic nitrogens is 1. The number of nitrogens with zero attached hydrogens (tertiary/aromatic N) is 2. The highest BCUT2D eigenvalue weighted by atomic mass is 32.2. The lowest BCUT2D eigenvalue weighted by Crippen LogP contribution is -2.15. The van der Waals surface area contributed by atoms with E-state index in [1.807, 2.05) is 6.07 Å². The van der Waals surface area contributed by atoms with Gasteiger partial charge >= 0.3 is 5.97 Å². The zero-order valence-corrected chi connectivity index (χ0v) is 17.0. The molecule has 0 spiro atoms. The van der Waals surface area contributed by atoms with Crippen LogP contribution in [0, 0.1) is 23.0 Å². The fraction of sp³-hybridized carbons (Fsp3) is 0.0952. The number of hydrogen-bond acceptors (Lipinski definition) is 6. The van der Waals surface area contributed by atoms with E-state index in [4.69, 9.17) is 10.5 Å². The Balaban J connectivity index is 1.71. The number of nitrogen functional groups attached to an aromatic ring is 1. The largest absolute Gasteiger partial charge is 0.464 e. The molecule has 158 valence electrons. The monoisotopic (exact) mass is 442 g/mol. The van der Waals surface area contributed by atoms with E-state index in [0.29, 0.717) is 5.69 Å². The van der Waals surface area contributed by atoms with Gasteiger partial charge in [-0.2, -0.15) is 5.26 Å². The average molecular weight is 442 g/mol. The molecule has 31 heavy (non-hydrogen) atoms. The SMILES string of the molecule is COC(=O)c1c(N)c(C#N)cn1-c1ccc(SCC(=O)Nc2cc(F)ccc2F)cc1. The highest BCUT2D eigenvalue weighted by Gasteiger charge is 2.21. The second kappa shape index (κ2) is 9.32. The van der Waals surface area contributed by atoms with Crippen LogP contribution >= 0.6 is 11.8 Å². The first-order chi connectivity index (χ1) is 14.8. The summed E-state index contributed by atoms with van der Waals surface area (Å²) < 4.78 is 33.0. The minimum atomic E-state index is -0.728. The minimum absolute atomic E-state index is 0.0223. The predicted molar refractivity (Wildman–Crippen MR) is 112 cm³/mol. The van der Waals surface area contributed by atoms with Gasteiger partial charge in [-0.15, -0.1) is 11.8 Å². The normalized spacial score (nSPS) is 10.4. The van der Waals surface area contributed by atoms with Crippen LogP contribution in [-0.4, -0.2) is 29.3 Å². The van der Waals surface area contributed by atoms with E-state index in [0.717, 1.165) is 23.1 Å². The first-order valence-electron chi connectivity index (χ1n) is 8.81. The van der Waals surface area contributed by atoms with E-state index >= 15 is 0 Å². The summed E-state index contributed by atoms with van der Waals surface area (Å²) >= 11 is 1.18.